The molecule has 0 N–H and O–H groups in total. The Labute approximate surface area is 159 Å². The van der Waals surface area contributed by atoms with E-state index in [1.807, 2.05) is 25.1 Å². The molecule has 3 rings (SSSR count). The SMILES string of the molecule is Cc1ccc(CS(=O)(=O)N2CCC(CN3CCCC(C)C3)CC2)cc1C. The number of benzene rings is 1. The summed E-state index contributed by atoms with van der Waals surface area (Å²) in [7, 11) is -3.21. The Kier molecular flexibility index (Phi) is 6.41. The van der Waals surface area contributed by atoms with Crippen LogP contribution >= 0.6 is 0 Å². The van der Waals surface area contributed by atoms with E-state index in [1.165, 1.54) is 31.5 Å². The van der Waals surface area contributed by atoms with Crippen LogP contribution in [0.2, 0.25) is 0 Å². The molecule has 4 nitrogen and oxygen atoms in total. The summed E-state index contributed by atoms with van der Waals surface area (Å²) in [6, 6.07) is 5.98. The molecule has 1 atom stereocenters. The predicted octanol–water partition coefficient (Wildman–Crippen LogP) is 3.58. The van der Waals surface area contributed by atoms with Crippen molar-refractivity contribution in [1.29, 1.82) is 0 Å². The minimum absolute atomic E-state index is 0.127. The summed E-state index contributed by atoms with van der Waals surface area (Å²) in [5.41, 5.74) is 3.27. The minimum atomic E-state index is -3.21. The molecule has 1 aromatic carbocycles. The van der Waals surface area contributed by atoms with E-state index in [2.05, 4.69) is 18.7 Å². The molecule has 2 saturated heterocycles. The first-order valence-corrected chi connectivity index (χ1v) is 11.7. The first kappa shape index (κ1) is 19.8. The summed E-state index contributed by atoms with van der Waals surface area (Å²) >= 11 is 0. The first-order valence-electron chi connectivity index (χ1n) is 10.1. The summed E-state index contributed by atoms with van der Waals surface area (Å²) in [5.74, 6) is 1.58. The van der Waals surface area contributed by atoms with Crippen LogP contribution in [-0.2, 0) is 15.8 Å². The minimum Gasteiger partial charge on any atom is -0.303 e. The third kappa shape index (κ3) is 5.08. The maximum atomic E-state index is 12.8. The summed E-state index contributed by atoms with van der Waals surface area (Å²) in [6.07, 6.45) is 4.66. The molecule has 1 aromatic rings. The van der Waals surface area contributed by atoms with Crippen LogP contribution in [-0.4, -0.2) is 50.3 Å². The van der Waals surface area contributed by atoms with E-state index < -0.39 is 10.0 Å². The zero-order chi connectivity index (χ0) is 18.7. The van der Waals surface area contributed by atoms with Gasteiger partial charge in [0.05, 0.1) is 5.75 Å². The van der Waals surface area contributed by atoms with Crippen molar-refractivity contribution in [1.82, 2.24) is 9.21 Å². The number of hydrogen-bond donors (Lipinski definition) is 0. The normalized spacial score (nSPS) is 24.0. The van der Waals surface area contributed by atoms with E-state index in [-0.39, 0.29) is 5.75 Å². The maximum absolute atomic E-state index is 12.8. The molecule has 146 valence electrons. The van der Waals surface area contributed by atoms with Crippen molar-refractivity contribution in [2.24, 2.45) is 11.8 Å². The van der Waals surface area contributed by atoms with Crippen molar-refractivity contribution in [3.05, 3.63) is 34.9 Å². The van der Waals surface area contributed by atoms with Gasteiger partial charge in [-0.15, -0.1) is 0 Å². The van der Waals surface area contributed by atoms with Crippen LogP contribution < -0.4 is 0 Å². The van der Waals surface area contributed by atoms with Gasteiger partial charge in [0.1, 0.15) is 0 Å². The standard InChI is InChI=1S/C21H34N2O2S/c1-17-5-4-10-22(14-17)15-20-8-11-23(12-9-20)26(24,25)16-21-7-6-18(2)19(3)13-21/h6-7,13,17,20H,4-5,8-12,14-16H2,1-3H3. The fourth-order valence-electron chi connectivity index (χ4n) is 4.38. The lowest BCUT2D eigenvalue weighted by Crippen LogP contribution is -2.43. The monoisotopic (exact) mass is 378 g/mol. The fraction of sp³-hybridized carbons (Fsp3) is 0.714. The van der Waals surface area contributed by atoms with E-state index in [9.17, 15) is 8.42 Å². The zero-order valence-corrected chi connectivity index (χ0v) is 17.4. The topological polar surface area (TPSA) is 40.6 Å². The van der Waals surface area contributed by atoms with E-state index in [0.717, 1.165) is 36.4 Å². The first-order chi connectivity index (χ1) is 12.3. The number of piperidine rings is 2. The van der Waals surface area contributed by atoms with Gasteiger partial charge in [0, 0.05) is 26.2 Å². The summed E-state index contributed by atoms with van der Waals surface area (Å²) < 4.78 is 27.3. The van der Waals surface area contributed by atoms with Gasteiger partial charge < -0.3 is 4.90 Å². The maximum Gasteiger partial charge on any atom is 0.218 e. The summed E-state index contributed by atoms with van der Waals surface area (Å²) in [4.78, 5) is 2.60. The van der Waals surface area contributed by atoms with Crippen LogP contribution in [0.15, 0.2) is 18.2 Å². The summed E-state index contributed by atoms with van der Waals surface area (Å²) in [5, 5.41) is 0. The van der Waals surface area contributed by atoms with Crippen LogP contribution in [0.1, 0.15) is 49.3 Å². The number of rotatable bonds is 5. The Bertz CT molecular complexity index is 709. The second kappa shape index (κ2) is 8.41. The second-order valence-electron chi connectivity index (χ2n) is 8.52. The predicted molar refractivity (Wildman–Crippen MR) is 108 cm³/mol. The Hall–Kier alpha value is -0.910. The highest BCUT2D eigenvalue weighted by Gasteiger charge is 2.29. The number of hydrogen-bond acceptors (Lipinski definition) is 3. The van der Waals surface area contributed by atoms with E-state index >= 15 is 0 Å². The third-order valence-corrected chi connectivity index (χ3v) is 7.99. The van der Waals surface area contributed by atoms with Crippen molar-refractivity contribution < 1.29 is 8.42 Å². The Morgan fingerprint density at radius 2 is 1.77 bits per heavy atom. The molecule has 2 heterocycles. The van der Waals surface area contributed by atoms with Gasteiger partial charge in [-0.25, -0.2) is 12.7 Å². The lowest BCUT2D eigenvalue weighted by Gasteiger charge is -2.37. The van der Waals surface area contributed by atoms with Crippen LogP contribution in [0, 0.1) is 25.7 Å². The average Bonchev–Trinajstić information content (AvgIpc) is 2.58. The zero-order valence-electron chi connectivity index (χ0n) is 16.6. The van der Waals surface area contributed by atoms with Crippen LogP contribution in [0.4, 0.5) is 0 Å². The van der Waals surface area contributed by atoms with Crippen molar-refractivity contribution >= 4 is 10.0 Å². The number of likely N-dealkylation sites (tertiary alicyclic amines) is 1. The van der Waals surface area contributed by atoms with Gasteiger partial charge in [0.2, 0.25) is 10.0 Å². The summed E-state index contributed by atoms with van der Waals surface area (Å²) in [6.45, 7) is 11.4. The molecule has 2 aliphatic rings. The van der Waals surface area contributed by atoms with Gasteiger partial charge in [0.15, 0.2) is 0 Å². The van der Waals surface area contributed by atoms with Crippen molar-refractivity contribution in [3.8, 4) is 0 Å². The van der Waals surface area contributed by atoms with Crippen LogP contribution in [0.25, 0.3) is 0 Å². The van der Waals surface area contributed by atoms with Gasteiger partial charge in [-0.05, 0) is 74.6 Å². The van der Waals surface area contributed by atoms with E-state index in [1.54, 1.807) is 4.31 Å². The van der Waals surface area contributed by atoms with Crippen LogP contribution in [0.3, 0.4) is 0 Å². The smallest absolute Gasteiger partial charge is 0.218 e. The van der Waals surface area contributed by atoms with Gasteiger partial charge in [-0.2, -0.15) is 0 Å². The number of sulfonamides is 1. The highest BCUT2D eigenvalue weighted by molar-refractivity contribution is 7.88. The molecule has 2 fully saturated rings. The third-order valence-electron chi connectivity index (χ3n) is 6.14. The quantitative estimate of drug-likeness (QED) is 0.786. The van der Waals surface area contributed by atoms with Gasteiger partial charge in [0.25, 0.3) is 0 Å². The van der Waals surface area contributed by atoms with Crippen LogP contribution in [0.5, 0.6) is 0 Å². The number of aryl methyl sites for hydroxylation is 2. The lowest BCUT2D eigenvalue weighted by molar-refractivity contribution is 0.136. The average molecular weight is 379 g/mol. The van der Waals surface area contributed by atoms with Crippen molar-refractivity contribution in [2.45, 2.75) is 52.2 Å². The molecular formula is C21H34N2O2S. The molecule has 0 radical (unpaired) electrons. The van der Waals surface area contributed by atoms with Crippen molar-refractivity contribution in [3.63, 3.8) is 0 Å². The van der Waals surface area contributed by atoms with Gasteiger partial charge >= 0.3 is 0 Å². The highest BCUT2D eigenvalue weighted by atomic mass is 32.2. The Balaban J connectivity index is 1.52. The molecule has 0 spiro atoms. The molecule has 1 unspecified atom stereocenters. The highest BCUT2D eigenvalue weighted by Crippen LogP contribution is 2.25. The molecule has 26 heavy (non-hydrogen) atoms. The molecule has 0 aromatic heterocycles. The molecule has 0 amide bonds. The molecule has 5 heteroatoms. The molecule has 0 saturated carbocycles. The second-order valence-corrected chi connectivity index (χ2v) is 10.5. The van der Waals surface area contributed by atoms with Crippen molar-refractivity contribution in [2.75, 3.05) is 32.7 Å². The fourth-order valence-corrected chi connectivity index (χ4v) is 5.93. The van der Waals surface area contributed by atoms with E-state index in [0.29, 0.717) is 19.0 Å². The Morgan fingerprint density at radius 3 is 2.42 bits per heavy atom. The molecule has 0 bridgehead atoms. The largest absolute Gasteiger partial charge is 0.303 e. The molecule has 0 aliphatic carbocycles. The molecular weight excluding hydrogens is 344 g/mol. The van der Waals surface area contributed by atoms with Gasteiger partial charge in [-0.1, -0.05) is 25.1 Å². The number of nitrogens with zero attached hydrogens (tertiary/aromatic N) is 2. The van der Waals surface area contributed by atoms with E-state index in [4.69, 9.17) is 0 Å². The lowest BCUT2D eigenvalue weighted by atomic mass is 9.94. The molecule has 2 aliphatic heterocycles. The van der Waals surface area contributed by atoms with Gasteiger partial charge in [-0.3, -0.25) is 0 Å². The Morgan fingerprint density at radius 1 is 1.04 bits per heavy atom.